The van der Waals surface area contributed by atoms with Crippen molar-refractivity contribution in [2.45, 2.75) is 31.6 Å². The van der Waals surface area contributed by atoms with Gasteiger partial charge >= 0.3 is 6.18 Å². The summed E-state index contributed by atoms with van der Waals surface area (Å²) in [7, 11) is 1.60. The van der Waals surface area contributed by atoms with Gasteiger partial charge in [0, 0.05) is 38.0 Å². The summed E-state index contributed by atoms with van der Waals surface area (Å²) in [6.45, 7) is 1.56. The minimum absolute atomic E-state index is 0.0452. The lowest BCUT2D eigenvalue weighted by molar-refractivity contribution is -0.137. The average molecular weight is 457 g/mol. The molecule has 7 heteroatoms. The van der Waals surface area contributed by atoms with Crippen molar-refractivity contribution < 1.29 is 22.7 Å². The van der Waals surface area contributed by atoms with Crippen LogP contribution in [-0.4, -0.2) is 35.6 Å². The average Bonchev–Trinajstić information content (AvgIpc) is 3.50. The van der Waals surface area contributed by atoms with Gasteiger partial charge in [0.2, 0.25) is 5.91 Å². The van der Waals surface area contributed by atoms with Crippen LogP contribution in [-0.2, 0) is 28.8 Å². The summed E-state index contributed by atoms with van der Waals surface area (Å²) in [6, 6.07) is 19.1. The van der Waals surface area contributed by atoms with Gasteiger partial charge in [0.25, 0.3) is 0 Å². The maximum Gasteiger partial charge on any atom is 0.416 e. The molecule has 0 spiro atoms. The number of ether oxygens (including phenoxy) is 1. The predicted molar refractivity (Wildman–Crippen MR) is 120 cm³/mol. The van der Waals surface area contributed by atoms with Crippen molar-refractivity contribution in [3.8, 4) is 0 Å². The number of amides is 1. The first-order chi connectivity index (χ1) is 15.9. The number of benzene rings is 2. The van der Waals surface area contributed by atoms with Gasteiger partial charge in [-0.15, -0.1) is 0 Å². The predicted octanol–water partition coefficient (Wildman–Crippen LogP) is 5.33. The highest BCUT2D eigenvalue weighted by molar-refractivity contribution is 5.83. The fraction of sp³-hybridized carbons (Fsp3) is 0.346. The molecular weight excluding hydrogens is 429 g/mol. The van der Waals surface area contributed by atoms with Crippen LogP contribution in [0.2, 0.25) is 0 Å². The Labute approximate surface area is 191 Å². The molecule has 1 fully saturated rings. The zero-order valence-electron chi connectivity index (χ0n) is 18.5. The standard InChI is InChI=1S/C26H27F3N2O2/c1-33-14-13-31(25(32)24-16-23(24)20-8-3-2-4-9-20)18-22-11-6-12-30(22)17-19-7-5-10-21(15-19)26(27,28)29/h2-12,15,23-24H,13-14,16-18H2,1H3. The molecule has 2 aromatic carbocycles. The van der Waals surface area contributed by atoms with Crippen LogP contribution in [0.5, 0.6) is 0 Å². The molecule has 1 aliphatic rings. The summed E-state index contributed by atoms with van der Waals surface area (Å²) in [5, 5.41) is 0. The Morgan fingerprint density at radius 2 is 1.88 bits per heavy atom. The smallest absolute Gasteiger partial charge is 0.383 e. The number of alkyl halides is 3. The molecule has 33 heavy (non-hydrogen) atoms. The van der Waals surface area contributed by atoms with Gasteiger partial charge in [-0.3, -0.25) is 4.79 Å². The van der Waals surface area contributed by atoms with Gasteiger partial charge < -0.3 is 14.2 Å². The molecule has 2 unspecified atom stereocenters. The van der Waals surface area contributed by atoms with E-state index in [0.29, 0.717) is 31.8 Å². The molecule has 0 bridgehead atoms. The van der Waals surface area contributed by atoms with Crippen molar-refractivity contribution in [2.24, 2.45) is 5.92 Å². The Kier molecular flexibility index (Phi) is 6.88. The maximum atomic E-state index is 13.3. The topological polar surface area (TPSA) is 34.5 Å². The van der Waals surface area contributed by atoms with E-state index >= 15 is 0 Å². The zero-order valence-corrected chi connectivity index (χ0v) is 18.5. The Balaban J connectivity index is 1.47. The number of rotatable bonds is 9. The minimum atomic E-state index is -4.38. The van der Waals surface area contributed by atoms with Crippen molar-refractivity contribution in [1.82, 2.24) is 9.47 Å². The van der Waals surface area contributed by atoms with E-state index in [2.05, 4.69) is 12.1 Å². The molecule has 3 aromatic rings. The third-order valence-electron chi connectivity index (χ3n) is 6.10. The third kappa shape index (κ3) is 5.66. The highest BCUT2D eigenvalue weighted by Crippen LogP contribution is 2.48. The first kappa shape index (κ1) is 23.1. The van der Waals surface area contributed by atoms with Crippen molar-refractivity contribution in [3.63, 3.8) is 0 Å². The van der Waals surface area contributed by atoms with Crippen molar-refractivity contribution >= 4 is 5.91 Å². The second-order valence-corrected chi connectivity index (χ2v) is 8.44. The number of methoxy groups -OCH3 is 1. The lowest BCUT2D eigenvalue weighted by Crippen LogP contribution is -2.35. The maximum absolute atomic E-state index is 13.3. The number of hydrogen-bond acceptors (Lipinski definition) is 2. The quantitative estimate of drug-likeness (QED) is 0.436. The first-order valence-electron chi connectivity index (χ1n) is 11.0. The highest BCUT2D eigenvalue weighted by atomic mass is 19.4. The summed E-state index contributed by atoms with van der Waals surface area (Å²) in [5.74, 6) is 0.282. The SMILES string of the molecule is COCCN(Cc1cccn1Cc1cccc(C(F)(F)F)c1)C(=O)C1CC1c1ccccc1. The van der Waals surface area contributed by atoms with E-state index in [-0.39, 0.29) is 17.7 Å². The van der Waals surface area contributed by atoms with E-state index in [1.807, 2.05) is 41.1 Å². The molecule has 0 N–H and O–H groups in total. The Morgan fingerprint density at radius 1 is 1.09 bits per heavy atom. The number of halogens is 3. The number of nitrogens with zero attached hydrogens (tertiary/aromatic N) is 2. The molecule has 1 heterocycles. The van der Waals surface area contributed by atoms with Crippen LogP contribution in [0, 0.1) is 5.92 Å². The van der Waals surface area contributed by atoms with Gasteiger partial charge in [0.05, 0.1) is 18.7 Å². The van der Waals surface area contributed by atoms with Crippen molar-refractivity contribution in [1.29, 1.82) is 0 Å². The molecule has 0 aliphatic heterocycles. The summed E-state index contributed by atoms with van der Waals surface area (Å²) < 4.78 is 46.3. The van der Waals surface area contributed by atoms with E-state index in [4.69, 9.17) is 4.74 Å². The van der Waals surface area contributed by atoms with Crippen LogP contribution in [0.4, 0.5) is 13.2 Å². The largest absolute Gasteiger partial charge is 0.416 e. The number of aromatic nitrogens is 1. The normalized spacial score (nSPS) is 17.7. The lowest BCUT2D eigenvalue weighted by Gasteiger charge is -2.24. The highest BCUT2D eigenvalue weighted by Gasteiger charge is 2.45. The summed E-state index contributed by atoms with van der Waals surface area (Å²) >= 11 is 0. The van der Waals surface area contributed by atoms with Crippen LogP contribution >= 0.6 is 0 Å². The molecule has 0 saturated heterocycles. The van der Waals surface area contributed by atoms with Gasteiger partial charge in [-0.2, -0.15) is 13.2 Å². The van der Waals surface area contributed by atoms with Crippen molar-refractivity contribution in [2.75, 3.05) is 20.3 Å². The molecule has 1 aliphatic carbocycles. The fourth-order valence-electron chi connectivity index (χ4n) is 4.23. The van der Waals surface area contributed by atoms with Crippen LogP contribution < -0.4 is 0 Å². The monoisotopic (exact) mass is 456 g/mol. The zero-order chi connectivity index (χ0) is 23.4. The van der Waals surface area contributed by atoms with Gasteiger partial charge in [0.1, 0.15) is 0 Å². The molecule has 174 valence electrons. The van der Waals surface area contributed by atoms with E-state index in [0.717, 1.165) is 18.2 Å². The van der Waals surface area contributed by atoms with Crippen LogP contribution in [0.15, 0.2) is 72.9 Å². The summed E-state index contributed by atoms with van der Waals surface area (Å²) in [6.07, 6.45) is -1.71. The molecular formula is C26H27F3N2O2. The van der Waals surface area contributed by atoms with E-state index < -0.39 is 11.7 Å². The van der Waals surface area contributed by atoms with E-state index in [1.165, 1.54) is 17.7 Å². The van der Waals surface area contributed by atoms with Crippen molar-refractivity contribution in [3.05, 3.63) is 95.3 Å². The van der Waals surface area contributed by atoms with E-state index in [1.54, 1.807) is 18.1 Å². The Morgan fingerprint density at radius 3 is 2.61 bits per heavy atom. The Bertz CT molecular complexity index is 1080. The Hall–Kier alpha value is -3.06. The third-order valence-corrected chi connectivity index (χ3v) is 6.10. The van der Waals surface area contributed by atoms with Gasteiger partial charge in [-0.1, -0.05) is 42.5 Å². The number of carbonyl (C=O) groups excluding carboxylic acids is 1. The molecule has 4 rings (SSSR count). The number of hydrogen-bond donors (Lipinski definition) is 0. The van der Waals surface area contributed by atoms with Crippen LogP contribution in [0.1, 0.15) is 34.7 Å². The molecule has 0 radical (unpaired) electrons. The summed E-state index contributed by atoms with van der Waals surface area (Å²) in [4.78, 5) is 15.1. The number of carbonyl (C=O) groups is 1. The molecule has 2 atom stereocenters. The first-order valence-corrected chi connectivity index (χ1v) is 11.0. The second-order valence-electron chi connectivity index (χ2n) is 8.44. The molecule has 1 saturated carbocycles. The minimum Gasteiger partial charge on any atom is -0.383 e. The molecule has 4 nitrogen and oxygen atoms in total. The van der Waals surface area contributed by atoms with Gasteiger partial charge in [-0.25, -0.2) is 0 Å². The van der Waals surface area contributed by atoms with Crippen LogP contribution in [0.25, 0.3) is 0 Å². The van der Waals surface area contributed by atoms with Crippen LogP contribution in [0.3, 0.4) is 0 Å². The molecule has 1 amide bonds. The fourth-order valence-corrected chi connectivity index (χ4v) is 4.23. The van der Waals surface area contributed by atoms with Gasteiger partial charge in [0.15, 0.2) is 0 Å². The van der Waals surface area contributed by atoms with E-state index in [9.17, 15) is 18.0 Å². The second kappa shape index (κ2) is 9.83. The van der Waals surface area contributed by atoms with Gasteiger partial charge in [-0.05, 0) is 47.7 Å². The summed E-state index contributed by atoms with van der Waals surface area (Å²) in [5.41, 5.74) is 1.94. The molecule has 1 aromatic heterocycles. The lowest BCUT2D eigenvalue weighted by atomic mass is 10.1.